The standard InChI is InChI=1S/C41H76O/c1-4-7-10-13-15-17-19-21-23-25-28-31-34-39-38(33-30-27-12-9-6-3)36-37-41(42)40(39)35-32-29-26-24-22-20-18-16-14-11-8-5-2/h36-37,42H,4-35H2,1-3H3. The predicted octanol–water partition coefficient (Wildman–Crippen LogP) is 14.4. The molecular formula is C41H76O. The van der Waals surface area contributed by atoms with E-state index in [9.17, 15) is 5.11 Å². The van der Waals surface area contributed by atoms with Crippen LogP contribution in [0.25, 0.3) is 0 Å². The molecule has 1 heteroatoms. The van der Waals surface area contributed by atoms with E-state index >= 15 is 0 Å². The van der Waals surface area contributed by atoms with Crippen molar-refractivity contribution in [1.82, 2.24) is 0 Å². The van der Waals surface area contributed by atoms with Gasteiger partial charge in [0.25, 0.3) is 0 Å². The van der Waals surface area contributed by atoms with Crippen molar-refractivity contribution in [3.63, 3.8) is 0 Å². The van der Waals surface area contributed by atoms with Crippen LogP contribution in [0.5, 0.6) is 5.75 Å². The van der Waals surface area contributed by atoms with Crippen LogP contribution in [0.2, 0.25) is 0 Å². The minimum atomic E-state index is 0.571. The fourth-order valence-corrected chi connectivity index (χ4v) is 6.76. The predicted molar refractivity (Wildman–Crippen MR) is 190 cm³/mol. The monoisotopic (exact) mass is 585 g/mol. The van der Waals surface area contributed by atoms with Crippen molar-refractivity contribution in [3.8, 4) is 5.75 Å². The molecule has 0 bridgehead atoms. The van der Waals surface area contributed by atoms with E-state index in [0.717, 1.165) is 6.42 Å². The number of benzene rings is 1. The maximum absolute atomic E-state index is 10.9. The molecular weight excluding hydrogens is 508 g/mol. The molecule has 0 unspecified atom stereocenters. The van der Waals surface area contributed by atoms with Gasteiger partial charge in [-0.05, 0) is 61.3 Å². The average molecular weight is 585 g/mol. The van der Waals surface area contributed by atoms with Crippen molar-refractivity contribution >= 4 is 0 Å². The van der Waals surface area contributed by atoms with Crippen molar-refractivity contribution in [3.05, 3.63) is 28.8 Å². The van der Waals surface area contributed by atoms with Gasteiger partial charge in [0, 0.05) is 0 Å². The highest BCUT2D eigenvalue weighted by Crippen LogP contribution is 2.30. The lowest BCUT2D eigenvalue weighted by Gasteiger charge is -2.17. The Bertz CT molecular complexity index is 692. The van der Waals surface area contributed by atoms with E-state index in [1.165, 1.54) is 210 Å². The van der Waals surface area contributed by atoms with Crippen LogP contribution in [0.1, 0.15) is 224 Å². The highest BCUT2D eigenvalue weighted by molar-refractivity contribution is 5.45. The second-order valence-electron chi connectivity index (χ2n) is 13.6. The van der Waals surface area contributed by atoms with E-state index in [1.807, 2.05) is 6.07 Å². The minimum absolute atomic E-state index is 0.571. The Labute approximate surface area is 265 Å². The number of unbranched alkanes of at least 4 members (excludes halogenated alkanes) is 26. The molecule has 0 aliphatic carbocycles. The molecule has 0 fully saturated rings. The summed E-state index contributed by atoms with van der Waals surface area (Å²) in [6, 6.07) is 4.28. The lowest BCUT2D eigenvalue weighted by atomic mass is 9.89. The van der Waals surface area contributed by atoms with Crippen LogP contribution < -0.4 is 0 Å². The quantitative estimate of drug-likeness (QED) is 0.0835. The SMILES string of the molecule is CCCCCCCCCCCCCCc1c(O)ccc(CCCCCCC)c1CCCCCCCCCCCCCC. The lowest BCUT2D eigenvalue weighted by Crippen LogP contribution is -2.03. The van der Waals surface area contributed by atoms with E-state index in [1.54, 1.807) is 5.56 Å². The molecule has 1 rings (SSSR count). The van der Waals surface area contributed by atoms with Crippen molar-refractivity contribution < 1.29 is 5.11 Å². The summed E-state index contributed by atoms with van der Waals surface area (Å²) in [4.78, 5) is 0. The van der Waals surface area contributed by atoms with E-state index in [-0.39, 0.29) is 0 Å². The van der Waals surface area contributed by atoms with Crippen molar-refractivity contribution in [2.75, 3.05) is 0 Å². The number of rotatable bonds is 32. The zero-order valence-electron chi connectivity index (χ0n) is 29.2. The Morgan fingerprint density at radius 1 is 0.333 bits per heavy atom. The zero-order chi connectivity index (χ0) is 30.4. The van der Waals surface area contributed by atoms with Crippen LogP contribution in [0.3, 0.4) is 0 Å². The van der Waals surface area contributed by atoms with E-state index < -0.39 is 0 Å². The normalized spacial score (nSPS) is 11.5. The van der Waals surface area contributed by atoms with Crippen LogP contribution in [0, 0.1) is 0 Å². The van der Waals surface area contributed by atoms with Crippen LogP contribution in [-0.2, 0) is 19.3 Å². The van der Waals surface area contributed by atoms with Crippen LogP contribution in [0.4, 0.5) is 0 Å². The number of hydrogen-bond donors (Lipinski definition) is 1. The Balaban J connectivity index is 2.42. The van der Waals surface area contributed by atoms with E-state index in [0.29, 0.717) is 5.75 Å². The number of aryl methyl sites for hydroxylation is 1. The Kier molecular flexibility index (Phi) is 27.9. The van der Waals surface area contributed by atoms with Gasteiger partial charge in [0.15, 0.2) is 0 Å². The Morgan fingerprint density at radius 3 is 0.976 bits per heavy atom. The van der Waals surface area contributed by atoms with Gasteiger partial charge < -0.3 is 5.11 Å². The van der Waals surface area contributed by atoms with Gasteiger partial charge in [-0.25, -0.2) is 0 Å². The summed E-state index contributed by atoms with van der Waals surface area (Å²) >= 11 is 0. The van der Waals surface area contributed by atoms with Crippen molar-refractivity contribution in [2.45, 2.75) is 226 Å². The second-order valence-corrected chi connectivity index (χ2v) is 13.6. The number of phenolic OH excluding ortho intramolecular Hbond substituents is 1. The van der Waals surface area contributed by atoms with Gasteiger partial charge in [-0.2, -0.15) is 0 Å². The summed E-state index contributed by atoms with van der Waals surface area (Å²) in [5, 5.41) is 10.9. The molecule has 42 heavy (non-hydrogen) atoms. The van der Waals surface area contributed by atoms with E-state index in [2.05, 4.69) is 26.8 Å². The molecule has 1 aromatic carbocycles. The summed E-state index contributed by atoms with van der Waals surface area (Å²) in [5.74, 6) is 0.571. The second kappa shape index (κ2) is 30.1. The molecule has 0 aliphatic heterocycles. The molecule has 0 saturated heterocycles. The first kappa shape index (κ1) is 39.0. The molecule has 0 spiro atoms. The molecule has 0 heterocycles. The molecule has 0 aromatic heterocycles. The van der Waals surface area contributed by atoms with Gasteiger partial charge in [-0.3, -0.25) is 0 Å². The van der Waals surface area contributed by atoms with Gasteiger partial charge in [-0.15, -0.1) is 0 Å². The Morgan fingerprint density at radius 2 is 0.619 bits per heavy atom. The fourth-order valence-electron chi connectivity index (χ4n) is 6.76. The molecule has 0 amide bonds. The third-order valence-electron chi connectivity index (χ3n) is 9.61. The topological polar surface area (TPSA) is 20.2 Å². The molecule has 1 aromatic rings. The van der Waals surface area contributed by atoms with Crippen molar-refractivity contribution in [2.24, 2.45) is 0 Å². The van der Waals surface area contributed by atoms with Gasteiger partial charge in [0.05, 0.1) is 0 Å². The highest BCUT2D eigenvalue weighted by Gasteiger charge is 2.13. The summed E-state index contributed by atoms with van der Waals surface area (Å²) < 4.78 is 0. The van der Waals surface area contributed by atoms with Crippen LogP contribution >= 0.6 is 0 Å². The largest absolute Gasteiger partial charge is 0.508 e. The first-order valence-corrected chi connectivity index (χ1v) is 19.6. The average Bonchev–Trinajstić information content (AvgIpc) is 3.00. The first-order chi connectivity index (χ1) is 20.7. The van der Waals surface area contributed by atoms with Crippen LogP contribution in [0.15, 0.2) is 12.1 Å². The Hall–Kier alpha value is -0.980. The molecule has 1 nitrogen and oxygen atoms in total. The number of phenols is 1. The smallest absolute Gasteiger partial charge is 0.119 e. The van der Waals surface area contributed by atoms with Gasteiger partial charge in [-0.1, -0.05) is 194 Å². The molecule has 0 radical (unpaired) electrons. The minimum Gasteiger partial charge on any atom is -0.508 e. The summed E-state index contributed by atoms with van der Waals surface area (Å²) in [6.45, 7) is 6.90. The third-order valence-corrected chi connectivity index (χ3v) is 9.61. The van der Waals surface area contributed by atoms with E-state index in [4.69, 9.17) is 0 Å². The number of hydrogen-bond acceptors (Lipinski definition) is 1. The molecule has 246 valence electrons. The summed E-state index contributed by atoms with van der Waals surface area (Å²) in [6.07, 6.45) is 43.6. The van der Waals surface area contributed by atoms with Crippen LogP contribution in [-0.4, -0.2) is 5.11 Å². The maximum Gasteiger partial charge on any atom is 0.119 e. The zero-order valence-corrected chi connectivity index (χ0v) is 29.2. The first-order valence-electron chi connectivity index (χ1n) is 19.6. The number of aromatic hydroxyl groups is 1. The maximum atomic E-state index is 10.9. The molecule has 1 N–H and O–H groups in total. The van der Waals surface area contributed by atoms with Gasteiger partial charge >= 0.3 is 0 Å². The fraction of sp³-hybridized carbons (Fsp3) is 0.854. The molecule has 0 atom stereocenters. The third kappa shape index (κ3) is 21.7. The van der Waals surface area contributed by atoms with Crippen molar-refractivity contribution in [1.29, 1.82) is 0 Å². The van der Waals surface area contributed by atoms with Gasteiger partial charge in [0.1, 0.15) is 5.75 Å². The highest BCUT2D eigenvalue weighted by atomic mass is 16.3. The summed E-state index contributed by atoms with van der Waals surface area (Å²) in [7, 11) is 0. The molecule has 0 aliphatic rings. The van der Waals surface area contributed by atoms with Gasteiger partial charge in [0.2, 0.25) is 0 Å². The summed E-state index contributed by atoms with van der Waals surface area (Å²) in [5.41, 5.74) is 4.37. The lowest BCUT2D eigenvalue weighted by molar-refractivity contribution is 0.463. The molecule has 0 saturated carbocycles.